The van der Waals surface area contributed by atoms with Gasteiger partial charge in [-0.3, -0.25) is 14.5 Å². The van der Waals surface area contributed by atoms with Gasteiger partial charge in [-0.15, -0.1) is 11.3 Å². The van der Waals surface area contributed by atoms with Crippen molar-refractivity contribution in [1.29, 1.82) is 0 Å². The maximum atomic E-state index is 14.8. The van der Waals surface area contributed by atoms with Crippen LogP contribution in [0.25, 0.3) is 5.76 Å². The minimum Gasteiger partial charge on any atom is -0.507 e. The number of hydrogen-bond acceptors (Lipinski definition) is 6. The number of rotatable bonds is 3. The molecule has 2 atom stereocenters. The summed E-state index contributed by atoms with van der Waals surface area (Å²) in [7, 11) is 0. The maximum absolute atomic E-state index is 14.8. The number of amides is 1. The van der Waals surface area contributed by atoms with Crippen molar-refractivity contribution in [2.75, 3.05) is 4.90 Å². The molecule has 3 aromatic rings. The molecule has 6 nitrogen and oxygen atoms in total. The molecule has 156 valence electrons. The molecule has 1 aromatic heterocycles. The molecule has 31 heavy (non-hydrogen) atoms. The predicted molar refractivity (Wildman–Crippen MR) is 114 cm³/mol. The van der Waals surface area contributed by atoms with Crippen LogP contribution in [0.4, 0.5) is 9.52 Å². The monoisotopic (exact) mass is 436 g/mol. The summed E-state index contributed by atoms with van der Waals surface area (Å²) in [6.45, 7) is 1.94. The number of aliphatic hydroxyl groups is 1. The Morgan fingerprint density at radius 2 is 2.06 bits per heavy atom. The maximum Gasteiger partial charge on any atom is 0.301 e. The standard InChI is InChI=1S/C23H17FN2O4S/c1-12-10-14-11-13(6-7-17(14)30-12)20(27)18-19(15-4-2-3-5-16(15)24)26(22(29)21(18)28)23-25-8-9-31-23/h2-9,11-12,19,27H,10H2,1H3/t12-,19+/m1/s1. The molecule has 5 rings (SSSR count). The summed E-state index contributed by atoms with van der Waals surface area (Å²) < 4.78 is 20.5. The van der Waals surface area contributed by atoms with E-state index in [0.717, 1.165) is 27.5 Å². The van der Waals surface area contributed by atoms with E-state index in [1.807, 2.05) is 6.92 Å². The summed E-state index contributed by atoms with van der Waals surface area (Å²) in [4.78, 5) is 31.2. The zero-order chi connectivity index (χ0) is 21.7. The largest absolute Gasteiger partial charge is 0.507 e. The summed E-state index contributed by atoms with van der Waals surface area (Å²) in [5, 5.41) is 13.1. The van der Waals surface area contributed by atoms with Gasteiger partial charge in [0.15, 0.2) is 5.13 Å². The molecule has 8 heteroatoms. The number of anilines is 1. The van der Waals surface area contributed by atoms with Crippen molar-refractivity contribution in [1.82, 2.24) is 4.98 Å². The van der Waals surface area contributed by atoms with Crippen LogP contribution in [0, 0.1) is 5.82 Å². The number of aliphatic hydroxyl groups excluding tert-OH is 1. The number of fused-ring (bicyclic) bond motifs is 1. The number of aromatic nitrogens is 1. The van der Waals surface area contributed by atoms with Gasteiger partial charge in [0.1, 0.15) is 29.5 Å². The van der Waals surface area contributed by atoms with Gasteiger partial charge >= 0.3 is 5.91 Å². The third kappa shape index (κ3) is 3.11. The number of thiazole rings is 1. The number of nitrogens with zero attached hydrogens (tertiary/aromatic N) is 2. The van der Waals surface area contributed by atoms with Crippen molar-refractivity contribution in [2.45, 2.75) is 25.5 Å². The average Bonchev–Trinajstić information content (AvgIpc) is 3.46. The third-order valence-corrected chi connectivity index (χ3v) is 6.21. The topological polar surface area (TPSA) is 79.7 Å². The smallest absolute Gasteiger partial charge is 0.301 e. The third-order valence-electron chi connectivity index (χ3n) is 5.44. The van der Waals surface area contributed by atoms with Crippen molar-refractivity contribution in [3.05, 3.63) is 82.1 Å². The summed E-state index contributed by atoms with van der Waals surface area (Å²) in [5.74, 6) is -1.96. The fourth-order valence-electron chi connectivity index (χ4n) is 4.08. The van der Waals surface area contributed by atoms with Crippen molar-refractivity contribution in [3.8, 4) is 5.75 Å². The Bertz CT molecular complexity index is 1240. The molecule has 0 bridgehead atoms. The van der Waals surface area contributed by atoms with E-state index in [9.17, 15) is 19.1 Å². The molecule has 1 amide bonds. The molecular formula is C23H17FN2O4S. The highest BCUT2D eigenvalue weighted by atomic mass is 32.1. The van der Waals surface area contributed by atoms with Gasteiger partial charge in [0.2, 0.25) is 0 Å². The van der Waals surface area contributed by atoms with E-state index in [1.54, 1.807) is 29.6 Å². The van der Waals surface area contributed by atoms with Gasteiger partial charge < -0.3 is 9.84 Å². The molecule has 2 aromatic carbocycles. The van der Waals surface area contributed by atoms with Crippen LogP contribution in [-0.4, -0.2) is 27.9 Å². The fraction of sp³-hybridized carbons (Fsp3) is 0.174. The Morgan fingerprint density at radius 3 is 2.81 bits per heavy atom. The Hall–Kier alpha value is -3.52. The van der Waals surface area contributed by atoms with E-state index in [0.29, 0.717) is 12.0 Å². The molecule has 0 saturated carbocycles. The Morgan fingerprint density at radius 1 is 1.26 bits per heavy atom. The summed E-state index contributed by atoms with van der Waals surface area (Å²) in [6.07, 6.45) is 2.18. The van der Waals surface area contributed by atoms with Crippen LogP contribution >= 0.6 is 11.3 Å². The van der Waals surface area contributed by atoms with Crippen molar-refractivity contribution >= 4 is 33.9 Å². The number of carbonyl (C=O) groups is 2. The lowest BCUT2D eigenvalue weighted by molar-refractivity contribution is -0.132. The Labute approximate surface area is 181 Å². The van der Waals surface area contributed by atoms with Crippen molar-refractivity contribution in [3.63, 3.8) is 0 Å². The summed E-state index contributed by atoms with van der Waals surface area (Å²) in [5.41, 5.74) is 1.21. The molecule has 1 N–H and O–H groups in total. The lowest BCUT2D eigenvalue weighted by atomic mass is 9.94. The molecule has 0 spiro atoms. The van der Waals surface area contributed by atoms with E-state index in [4.69, 9.17) is 4.74 Å². The Kier molecular flexibility index (Phi) is 4.59. The van der Waals surface area contributed by atoms with E-state index < -0.39 is 23.5 Å². The molecule has 2 aliphatic heterocycles. The Balaban J connectivity index is 1.70. The van der Waals surface area contributed by atoms with Gasteiger partial charge in [-0.2, -0.15) is 0 Å². The first-order valence-corrected chi connectivity index (χ1v) is 10.6. The number of benzene rings is 2. The number of hydrogen-bond donors (Lipinski definition) is 1. The van der Waals surface area contributed by atoms with Gasteiger partial charge in [-0.1, -0.05) is 18.2 Å². The highest BCUT2D eigenvalue weighted by molar-refractivity contribution is 7.14. The normalized spacial score (nSPS) is 21.9. The number of ether oxygens (including phenoxy) is 1. The first-order chi connectivity index (χ1) is 15.0. The SMILES string of the molecule is C[C@@H]1Cc2cc(C(O)=C3C(=O)C(=O)N(c4nccs4)[C@H]3c3ccccc3F)ccc2O1. The second-order valence-corrected chi connectivity index (χ2v) is 8.33. The minimum atomic E-state index is -1.13. The van der Waals surface area contributed by atoms with E-state index in [-0.39, 0.29) is 28.1 Å². The molecule has 0 aliphatic carbocycles. The van der Waals surface area contributed by atoms with Crippen LogP contribution < -0.4 is 9.64 Å². The second-order valence-electron chi connectivity index (χ2n) is 7.46. The summed E-state index contributed by atoms with van der Waals surface area (Å²) in [6, 6.07) is 9.86. The van der Waals surface area contributed by atoms with Gasteiger partial charge in [0, 0.05) is 29.1 Å². The lowest BCUT2D eigenvalue weighted by Gasteiger charge is -2.23. The molecule has 2 aliphatic rings. The first-order valence-electron chi connectivity index (χ1n) is 9.70. The fourth-order valence-corrected chi connectivity index (χ4v) is 4.75. The molecule has 0 unspecified atom stereocenters. The van der Waals surface area contributed by atoms with Gasteiger partial charge in [-0.05, 0) is 36.8 Å². The number of carbonyl (C=O) groups excluding carboxylic acids is 2. The molecule has 1 fully saturated rings. The van der Waals surface area contributed by atoms with Crippen molar-refractivity contribution < 1.29 is 23.8 Å². The minimum absolute atomic E-state index is 0.0151. The number of ketones is 1. The summed E-state index contributed by atoms with van der Waals surface area (Å²) >= 11 is 1.15. The van der Waals surface area contributed by atoms with Crippen LogP contribution in [0.5, 0.6) is 5.75 Å². The second kappa shape index (κ2) is 7.31. The number of halogens is 1. The van der Waals surface area contributed by atoms with E-state index in [1.165, 1.54) is 24.4 Å². The molecular weight excluding hydrogens is 419 g/mol. The van der Waals surface area contributed by atoms with Crippen LogP contribution in [0.2, 0.25) is 0 Å². The van der Waals surface area contributed by atoms with Crippen LogP contribution in [0.1, 0.15) is 29.7 Å². The first kappa shape index (κ1) is 19.4. The number of Topliss-reactive ketones (excluding diaryl/α,β-unsaturated/α-hetero) is 1. The highest BCUT2D eigenvalue weighted by Crippen LogP contribution is 2.44. The molecule has 1 saturated heterocycles. The average molecular weight is 436 g/mol. The quantitative estimate of drug-likeness (QED) is 0.378. The zero-order valence-electron chi connectivity index (χ0n) is 16.4. The lowest BCUT2D eigenvalue weighted by Crippen LogP contribution is -2.29. The van der Waals surface area contributed by atoms with Gasteiger partial charge in [0.25, 0.3) is 5.78 Å². The van der Waals surface area contributed by atoms with Gasteiger partial charge in [-0.25, -0.2) is 9.37 Å². The van der Waals surface area contributed by atoms with Gasteiger partial charge in [0.05, 0.1) is 5.57 Å². The van der Waals surface area contributed by atoms with E-state index >= 15 is 0 Å². The van der Waals surface area contributed by atoms with Crippen LogP contribution in [0.3, 0.4) is 0 Å². The molecule has 0 radical (unpaired) electrons. The van der Waals surface area contributed by atoms with E-state index in [2.05, 4.69) is 4.98 Å². The predicted octanol–water partition coefficient (Wildman–Crippen LogP) is 4.23. The van der Waals surface area contributed by atoms with Crippen LogP contribution in [-0.2, 0) is 16.0 Å². The van der Waals surface area contributed by atoms with Crippen LogP contribution in [0.15, 0.2) is 59.6 Å². The molecule has 3 heterocycles. The zero-order valence-corrected chi connectivity index (χ0v) is 17.2. The van der Waals surface area contributed by atoms with Crippen molar-refractivity contribution in [2.24, 2.45) is 0 Å². The highest BCUT2D eigenvalue weighted by Gasteiger charge is 2.48.